The van der Waals surface area contributed by atoms with E-state index in [2.05, 4.69) is 6.92 Å². The van der Waals surface area contributed by atoms with Crippen LogP contribution in [0.3, 0.4) is 0 Å². The fourth-order valence-corrected chi connectivity index (χ4v) is 6.72. The maximum absolute atomic E-state index is 5.93. The van der Waals surface area contributed by atoms with E-state index < -0.39 is 6.04 Å². The summed E-state index contributed by atoms with van der Waals surface area (Å²) in [4.78, 5) is 0. The van der Waals surface area contributed by atoms with E-state index in [0.29, 0.717) is 0 Å². The number of unbranched alkanes of at least 4 members (excludes halogenated alkanes) is 4. The predicted molar refractivity (Wildman–Crippen MR) is 76.1 cm³/mol. The van der Waals surface area contributed by atoms with Crippen molar-refractivity contribution in [1.29, 1.82) is 0 Å². The molecule has 2 heteroatoms. The van der Waals surface area contributed by atoms with Gasteiger partial charge in [-0.05, 0) is 43.8 Å². The second-order valence-corrected chi connectivity index (χ2v) is 10.8. The Labute approximate surface area is 101 Å². The van der Waals surface area contributed by atoms with E-state index in [-0.39, 0.29) is 0 Å². The molecule has 0 radical (unpaired) electrons. The Hall–Kier alpha value is 0.650. The molecule has 15 heavy (non-hydrogen) atoms. The molecule has 0 bridgehead atoms. The Kier molecular flexibility index (Phi) is 7.17. The third kappa shape index (κ3) is 6.07. The zero-order chi connectivity index (χ0) is 11.0. The molecule has 1 saturated heterocycles. The standard InChI is InChI=1S/C13H27PS/c1-2-3-4-5-8-11-14(15)12-9-6-7-10-13-14/h2-13H2,1H3. The minimum Gasteiger partial charge on any atom is -0.0975 e. The minimum absolute atomic E-state index is 0.872. The van der Waals surface area contributed by atoms with Gasteiger partial charge in [-0.25, -0.2) is 0 Å². The average Bonchev–Trinajstić information content (AvgIpc) is 2.43. The molecule has 0 aromatic carbocycles. The number of hydrogen-bond donors (Lipinski definition) is 0. The van der Waals surface area contributed by atoms with Gasteiger partial charge in [0.1, 0.15) is 0 Å². The summed E-state index contributed by atoms with van der Waals surface area (Å²) < 4.78 is 0. The van der Waals surface area contributed by atoms with Crippen molar-refractivity contribution in [3.8, 4) is 0 Å². The van der Waals surface area contributed by atoms with E-state index in [4.69, 9.17) is 11.8 Å². The Morgan fingerprint density at radius 1 is 0.867 bits per heavy atom. The van der Waals surface area contributed by atoms with Crippen LogP contribution in [-0.2, 0) is 11.8 Å². The van der Waals surface area contributed by atoms with Crippen LogP contribution in [0.15, 0.2) is 0 Å². The Morgan fingerprint density at radius 3 is 2.07 bits per heavy atom. The summed E-state index contributed by atoms with van der Waals surface area (Å²) in [5.74, 6) is 0. The fourth-order valence-electron chi connectivity index (χ4n) is 2.49. The molecule has 0 N–H and O–H groups in total. The van der Waals surface area contributed by atoms with Gasteiger partial charge >= 0.3 is 0 Å². The highest BCUT2D eigenvalue weighted by molar-refractivity contribution is 8.14. The molecule has 1 aliphatic heterocycles. The summed E-state index contributed by atoms with van der Waals surface area (Å²) in [6.45, 7) is 2.28. The lowest BCUT2D eigenvalue weighted by atomic mass is 10.2. The minimum atomic E-state index is -0.872. The highest BCUT2D eigenvalue weighted by atomic mass is 32.4. The first-order valence-corrected chi connectivity index (χ1v) is 10.2. The molecule has 0 saturated carbocycles. The Morgan fingerprint density at radius 2 is 1.47 bits per heavy atom. The smallest absolute Gasteiger partial charge is 0.0235 e. The van der Waals surface area contributed by atoms with Gasteiger partial charge in [0, 0.05) is 0 Å². The summed E-state index contributed by atoms with van der Waals surface area (Å²) in [5, 5.41) is 0. The highest BCUT2D eigenvalue weighted by Crippen LogP contribution is 2.50. The zero-order valence-corrected chi connectivity index (χ0v) is 12.1. The molecule has 1 rings (SSSR count). The lowest BCUT2D eigenvalue weighted by Crippen LogP contribution is -1.97. The summed E-state index contributed by atoms with van der Waals surface area (Å²) >= 11 is 5.93. The molecule has 1 heterocycles. The third-order valence-electron chi connectivity index (χ3n) is 3.55. The van der Waals surface area contributed by atoms with Crippen molar-refractivity contribution in [3.63, 3.8) is 0 Å². The Bertz CT molecular complexity index is 189. The van der Waals surface area contributed by atoms with Crippen LogP contribution in [0.1, 0.15) is 64.7 Å². The van der Waals surface area contributed by atoms with Gasteiger partial charge in [-0.15, -0.1) is 0 Å². The maximum Gasteiger partial charge on any atom is -0.0235 e. The van der Waals surface area contributed by atoms with Gasteiger partial charge in [-0.3, -0.25) is 0 Å². The van der Waals surface area contributed by atoms with Crippen molar-refractivity contribution in [2.24, 2.45) is 0 Å². The summed E-state index contributed by atoms with van der Waals surface area (Å²) in [7, 11) is 0. The predicted octanol–water partition coefficient (Wildman–Crippen LogP) is 5.01. The van der Waals surface area contributed by atoms with E-state index in [0.717, 1.165) is 0 Å². The maximum atomic E-state index is 5.93. The van der Waals surface area contributed by atoms with E-state index >= 15 is 0 Å². The van der Waals surface area contributed by atoms with Crippen LogP contribution < -0.4 is 0 Å². The van der Waals surface area contributed by atoms with Crippen LogP contribution in [0.2, 0.25) is 0 Å². The summed E-state index contributed by atoms with van der Waals surface area (Å²) in [6.07, 6.45) is 17.1. The second kappa shape index (κ2) is 7.85. The van der Waals surface area contributed by atoms with Crippen molar-refractivity contribution in [2.75, 3.05) is 18.5 Å². The van der Waals surface area contributed by atoms with E-state index in [1.54, 1.807) is 0 Å². The van der Waals surface area contributed by atoms with Crippen molar-refractivity contribution in [1.82, 2.24) is 0 Å². The van der Waals surface area contributed by atoms with Gasteiger partial charge < -0.3 is 0 Å². The molecule has 0 nitrogen and oxygen atoms in total. The molecule has 0 amide bonds. The fraction of sp³-hybridized carbons (Fsp3) is 1.00. The summed E-state index contributed by atoms with van der Waals surface area (Å²) in [6, 6.07) is -0.872. The van der Waals surface area contributed by atoms with Gasteiger partial charge in [0.15, 0.2) is 0 Å². The molecule has 90 valence electrons. The van der Waals surface area contributed by atoms with Gasteiger partial charge in [0.2, 0.25) is 0 Å². The number of hydrogen-bond acceptors (Lipinski definition) is 1. The Balaban J connectivity index is 2.14. The molecule has 0 atom stereocenters. The number of rotatable bonds is 6. The van der Waals surface area contributed by atoms with Gasteiger partial charge in [0.05, 0.1) is 0 Å². The van der Waals surface area contributed by atoms with E-state index in [1.165, 1.54) is 76.3 Å². The van der Waals surface area contributed by atoms with E-state index in [1.807, 2.05) is 0 Å². The molecular weight excluding hydrogens is 219 g/mol. The molecule has 1 aliphatic rings. The van der Waals surface area contributed by atoms with Crippen molar-refractivity contribution >= 4 is 17.8 Å². The second-order valence-electron chi connectivity index (χ2n) is 5.06. The summed E-state index contributed by atoms with van der Waals surface area (Å²) in [5.41, 5.74) is 0. The van der Waals surface area contributed by atoms with Crippen LogP contribution in [-0.4, -0.2) is 18.5 Å². The van der Waals surface area contributed by atoms with Gasteiger partial charge in [0.25, 0.3) is 0 Å². The monoisotopic (exact) mass is 246 g/mol. The normalized spacial score (nSPS) is 21.1. The van der Waals surface area contributed by atoms with Gasteiger partial charge in [-0.2, -0.15) is 0 Å². The van der Waals surface area contributed by atoms with Crippen LogP contribution in [0.25, 0.3) is 0 Å². The van der Waals surface area contributed by atoms with Gasteiger partial charge in [-0.1, -0.05) is 57.3 Å². The van der Waals surface area contributed by atoms with Crippen LogP contribution >= 0.6 is 6.04 Å². The van der Waals surface area contributed by atoms with Crippen LogP contribution in [0, 0.1) is 0 Å². The molecule has 1 fully saturated rings. The topological polar surface area (TPSA) is 0 Å². The third-order valence-corrected chi connectivity index (χ3v) is 8.59. The highest BCUT2D eigenvalue weighted by Gasteiger charge is 2.18. The SMILES string of the molecule is CCCCCCCP1(=S)CCCCCC1. The van der Waals surface area contributed by atoms with Crippen molar-refractivity contribution < 1.29 is 0 Å². The first-order valence-electron chi connectivity index (χ1n) is 6.84. The van der Waals surface area contributed by atoms with Crippen molar-refractivity contribution in [3.05, 3.63) is 0 Å². The lowest BCUT2D eigenvalue weighted by Gasteiger charge is -2.19. The van der Waals surface area contributed by atoms with Crippen LogP contribution in [0.5, 0.6) is 0 Å². The molecule has 0 spiro atoms. The zero-order valence-electron chi connectivity index (χ0n) is 10.3. The average molecular weight is 246 g/mol. The first kappa shape index (κ1) is 13.7. The molecule has 0 aromatic rings. The molecule has 0 aliphatic carbocycles. The first-order chi connectivity index (χ1) is 7.27. The largest absolute Gasteiger partial charge is 0.0975 e. The van der Waals surface area contributed by atoms with Crippen molar-refractivity contribution in [2.45, 2.75) is 64.7 Å². The molecule has 0 unspecified atom stereocenters. The quantitative estimate of drug-likeness (QED) is 0.469. The van der Waals surface area contributed by atoms with Crippen LogP contribution in [0.4, 0.5) is 0 Å². The molecule has 0 aromatic heterocycles. The lowest BCUT2D eigenvalue weighted by molar-refractivity contribution is 0.658. The molecular formula is C13H27PS. The van der Waals surface area contributed by atoms with E-state index in [9.17, 15) is 0 Å².